The Morgan fingerprint density at radius 1 is 1.30 bits per heavy atom. The molecule has 0 saturated heterocycles. The summed E-state index contributed by atoms with van der Waals surface area (Å²) in [4.78, 5) is 4.18. The minimum atomic E-state index is -0.433. The van der Waals surface area contributed by atoms with E-state index in [1.54, 1.807) is 18.2 Å². The Morgan fingerprint density at radius 3 is 2.89 bits per heavy atom. The van der Waals surface area contributed by atoms with Crippen LogP contribution in [0.25, 0.3) is 0 Å². The van der Waals surface area contributed by atoms with E-state index in [4.69, 9.17) is 9.89 Å². The molecule has 10 heteroatoms. The second-order valence-electron chi connectivity index (χ2n) is 5.30. The molecule has 1 aromatic heterocycles. The summed E-state index contributed by atoms with van der Waals surface area (Å²) in [7, 11) is 0. The van der Waals surface area contributed by atoms with Crippen molar-refractivity contribution in [2.45, 2.75) is 6.54 Å². The molecule has 136 valence electrons. The summed E-state index contributed by atoms with van der Waals surface area (Å²) in [5.41, 5.74) is 3.83. The molecule has 0 unspecified atom stereocenters. The highest BCUT2D eigenvalue weighted by Crippen LogP contribution is 2.23. The number of anilines is 1. The highest BCUT2D eigenvalue weighted by Gasteiger charge is 2.16. The molecule has 0 aliphatic heterocycles. The minimum absolute atomic E-state index is 0.0389. The fourth-order valence-electron chi connectivity index (χ4n) is 2.21. The summed E-state index contributed by atoms with van der Waals surface area (Å²) >= 11 is 3.07. The van der Waals surface area contributed by atoms with Crippen LogP contribution in [0.3, 0.4) is 0 Å². The van der Waals surface area contributed by atoms with E-state index in [0.29, 0.717) is 17.8 Å². The zero-order valence-corrected chi connectivity index (χ0v) is 15.2. The molecule has 0 radical (unpaired) electrons. The highest BCUT2D eigenvalue weighted by molar-refractivity contribution is 9.10. The van der Waals surface area contributed by atoms with Crippen LogP contribution in [0.2, 0.25) is 0 Å². The molecule has 0 aliphatic carbocycles. The lowest BCUT2D eigenvalue weighted by Gasteiger charge is -2.06. The Hall–Kier alpha value is -3.29. The number of hydroxylamine groups is 1. The monoisotopic (exact) mass is 430 g/mol. The molecule has 0 amide bonds. The summed E-state index contributed by atoms with van der Waals surface area (Å²) in [6, 6.07) is 13.2. The first-order valence-electron chi connectivity index (χ1n) is 7.60. The van der Waals surface area contributed by atoms with E-state index >= 15 is 0 Å². The van der Waals surface area contributed by atoms with Crippen molar-refractivity contribution in [1.29, 1.82) is 5.26 Å². The van der Waals surface area contributed by atoms with Gasteiger partial charge in [-0.15, -0.1) is 0 Å². The van der Waals surface area contributed by atoms with E-state index < -0.39 is 5.82 Å². The number of benzene rings is 2. The number of nitriles is 1. The van der Waals surface area contributed by atoms with Gasteiger partial charge in [0.2, 0.25) is 5.82 Å². The number of aromatic nitrogens is 2. The van der Waals surface area contributed by atoms with E-state index in [1.807, 2.05) is 11.5 Å². The summed E-state index contributed by atoms with van der Waals surface area (Å²) in [5, 5.41) is 28.9. The number of hydrogen-bond donors (Lipinski definition) is 3. The van der Waals surface area contributed by atoms with E-state index in [0.717, 1.165) is 5.56 Å². The molecule has 0 spiro atoms. The maximum atomic E-state index is 13.3. The first-order valence-corrected chi connectivity index (χ1v) is 8.39. The van der Waals surface area contributed by atoms with Gasteiger partial charge in [0.15, 0.2) is 11.5 Å². The maximum Gasteiger partial charge on any atom is 0.202 e. The van der Waals surface area contributed by atoms with Gasteiger partial charge in [-0.2, -0.15) is 5.26 Å². The van der Waals surface area contributed by atoms with Gasteiger partial charge in [0.05, 0.1) is 21.8 Å². The van der Waals surface area contributed by atoms with Crippen LogP contribution in [0.1, 0.15) is 16.8 Å². The van der Waals surface area contributed by atoms with E-state index in [-0.39, 0.29) is 21.8 Å². The lowest BCUT2D eigenvalue weighted by atomic mass is 10.1. The fraction of sp³-hybridized carbons (Fsp3) is 0.0588. The second kappa shape index (κ2) is 8.39. The van der Waals surface area contributed by atoms with Gasteiger partial charge in [-0.3, -0.25) is 10.7 Å². The zero-order chi connectivity index (χ0) is 19.2. The van der Waals surface area contributed by atoms with Gasteiger partial charge in [-0.05, 0) is 62.1 Å². The Kier molecular flexibility index (Phi) is 5.75. The van der Waals surface area contributed by atoms with Crippen molar-refractivity contribution in [3.05, 3.63) is 69.6 Å². The second-order valence-corrected chi connectivity index (χ2v) is 6.15. The van der Waals surface area contributed by atoms with Gasteiger partial charge in [-0.1, -0.05) is 12.1 Å². The van der Waals surface area contributed by atoms with Crippen LogP contribution >= 0.6 is 15.9 Å². The smallest absolute Gasteiger partial charge is 0.202 e. The molecular weight excluding hydrogens is 419 g/mol. The molecule has 3 rings (SSSR count). The Morgan fingerprint density at radius 2 is 2.15 bits per heavy atom. The van der Waals surface area contributed by atoms with Gasteiger partial charge < -0.3 is 5.32 Å². The summed E-state index contributed by atoms with van der Waals surface area (Å²) in [6.07, 6.45) is 0. The zero-order valence-electron chi connectivity index (χ0n) is 13.6. The number of hydrogen-bond acceptors (Lipinski definition) is 7. The van der Waals surface area contributed by atoms with Crippen LogP contribution in [0.5, 0.6) is 0 Å². The van der Waals surface area contributed by atoms with Gasteiger partial charge in [0.1, 0.15) is 5.82 Å². The fourth-order valence-corrected chi connectivity index (χ4v) is 2.58. The molecule has 0 atom stereocenters. The predicted molar refractivity (Wildman–Crippen MR) is 98.0 cm³/mol. The predicted octanol–water partition coefficient (Wildman–Crippen LogP) is 3.51. The van der Waals surface area contributed by atoms with E-state index in [1.165, 1.54) is 18.2 Å². The van der Waals surface area contributed by atoms with Crippen LogP contribution in [0.15, 0.2) is 56.6 Å². The van der Waals surface area contributed by atoms with Crippen LogP contribution in [0.4, 0.5) is 15.9 Å². The average molecular weight is 431 g/mol. The van der Waals surface area contributed by atoms with Gasteiger partial charge in [0, 0.05) is 6.54 Å². The van der Waals surface area contributed by atoms with Gasteiger partial charge in [0.25, 0.3) is 0 Å². The van der Waals surface area contributed by atoms with E-state index in [2.05, 4.69) is 42.6 Å². The number of amidine groups is 1. The number of halogens is 2. The Bertz CT molecular complexity index is 1030. The van der Waals surface area contributed by atoms with Crippen molar-refractivity contribution >= 4 is 33.3 Å². The molecule has 1 heterocycles. The Balaban J connectivity index is 1.82. The van der Waals surface area contributed by atoms with Crippen molar-refractivity contribution in [3.8, 4) is 6.07 Å². The van der Waals surface area contributed by atoms with Crippen LogP contribution < -0.4 is 10.8 Å². The number of nitrogens with one attached hydrogen (secondary N) is 2. The number of aliphatic imine (C=N–C) groups is 1. The van der Waals surface area contributed by atoms with Crippen molar-refractivity contribution in [1.82, 2.24) is 15.8 Å². The normalized spacial score (nSPS) is 11.1. The van der Waals surface area contributed by atoms with Gasteiger partial charge in [-0.25, -0.2) is 14.0 Å². The third kappa shape index (κ3) is 4.46. The molecule has 0 saturated carbocycles. The van der Waals surface area contributed by atoms with Crippen LogP contribution in [-0.2, 0) is 6.54 Å². The lowest BCUT2D eigenvalue weighted by Crippen LogP contribution is -2.22. The van der Waals surface area contributed by atoms with Crippen LogP contribution in [0, 0.1) is 17.1 Å². The SMILES string of the molecule is N#Cc1cccc(CNc2nonc2C(=Nc2ccc(F)c(Br)c2)NO)c1. The van der Waals surface area contributed by atoms with Crippen molar-refractivity contribution in [3.63, 3.8) is 0 Å². The first kappa shape index (κ1) is 18.5. The van der Waals surface area contributed by atoms with Crippen LogP contribution in [-0.4, -0.2) is 21.4 Å². The Labute approximate surface area is 161 Å². The summed E-state index contributed by atoms with van der Waals surface area (Å²) in [5.74, 6) is -0.237. The maximum absolute atomic E-state index is 13.3. The van der Waals surface area contributed by atoms with E-state index in [9.17, 15) is 9.60 Å². The van der Waals surface area contributed by atoms with Crippen molar-refractivity contribution in [2.75, 3.05) is 5.32 Å². The molecular formula is C17H12BrFN6O2. The molecule has 0 fully saturated rings. The summed E-state index contributed by atoms with van der Waals surface area (Å²) < 4.78 is 18.3. The van der Waals surface area contributed by atoms with Crippen molar-refractivity contribution < 1.29 is 14.2 Å². The topological polar surface area (TPSA) is 119 Å². The summed E-state index contributed by atoms with van der Waals surface area (Å²) in [6.45, 7) is 0.345. The molecule has 8 nitrogen and oxygen atoms in total. The average Bonchev–Trinajstić information content (AvgIpc) is 3.15. The van der Waals surface area contributed by atoms with Crippen molar-refractivity contribution in [2.24, 2.45) is 4.99 Å². The molecule has 0 bridgehead atoms. The molecule has 27 heavy (non-hydrogen) atoms. The lowest BCUT2D eigenvalue weighted by molar-refractivity contribution is 0.234. The highest BCUT2D eigenvalue weighted by atomic mass is 79.9. The molecule has 0 aliphatic rings. The number of nitrogens with zero attached hydrogens (tertiary/aromatic N) is 4. The number of rotatable bonds is 5. The third-order valence-corrected chi connectivity index (χ3v) is 4.09. The molecule has 2 aromatic carbocycles. The standard InChI is InChI=1S/C17H12BrFN6O2/c18-13-7-12(4-5-14(13)19)22-17(23-26)15-16(25-27-24-15)21-9-11-3-1-2-10(6-11)8-20/h1-7,26H,9H2,(H,21,25)(H,22,23). The third-order valence-electron chi connectivity index (χ3n) is 3.48. The first-order chi connectivity index (χ1) is 13.1. The van der Waals surface area contributed by atoms with Gasteiger partial charge >= 0.3 is 0 Å². The largest absolute Gasteiger partial charge is 0.361 e. The molecule has 3 N–H and O–H groups in total. The quantitative estimate of drug-likeness (QED) is 0.321. The molecule has 3 aromatic rings. The minimum Gasteiger partial charge on any atom is -0.361 e.